The van der Waals surface area contributed by atoms with Crippen molar-refractivity contribution >= 4 is 17.7 Å². The topological polar surface area (TPSA) is 79.0 Å². The number of carbonyl (C=O) groups excluding carboxylic acids is 3. The molecule has 0 spiro atoms. The van der Waals surface area contributed by atoms with E-state index in [4.69, 9.17) is 4.74 Å². The van der Waals surface area contributed by atoms with Crippen LogP contribution >= 0.6 is 0 Å². The molecule has 2 aliphatic rings. The first-order chi connectivity index (χ1) is 15.4. The highest BCUT2D eigenvalue weighted by Crippen LogP contribution is 2.24. The fourth-order valence-electron chi connectivity index (χ4n) is 4.18. The first-order valence-corrected chi connectivity index (χ1v) is 10.7. The molecule has 2 aromatic carbocycles. The Bertz CT molecular complexity index is 1040. The number of aryl methyl sites for hydroxylation is 1. The Morgan fingerprint density at radius 3 is 2.59 bits per heavy atom. The predicted molar refractivity (Wildman–Crippen MR) is 116 cm³/mol. The third-order valence-corrected chi connectivity index (χ3v) is 5.90. The molecule has 8 heteroatoms. The lowest BCUT2D eigenvalue weighted by molar-refractivity contribution is -0.121. The van der Waals surface area contributed by atoms with Gasteiger partial charge in [-0.15, -0.1) is 0 Å². The summed E-state index contributed by atoms with van der Waals surface area (Å²) in [5, 5.41) is 2.89. The van der Waals surface area contributed by atoms with Gasteiger partial charge in [0.05, 0.1) is 30.4 Å². The first kappa shape index (κ1) is 22.1. The van der Waals surface area contributed by atoms with Gasteiger partial charge >= 0.3 is 0 Å². The predicted octanol–water partition coefficient (Wildman–Crippen LogP) is 2.31. The lowest BCUT2D eigenvalue weighted by Gasteiger charge is -2.35. The van der Waals surface area contributed by atoms with Crippen LogP contribution in [0.5, 0.6) is 0 Å². The summed E-state index contributed by atoms with van der Waals surface area (Å²) in [6, 6.07) is 11.3. The molecule has 1 unspecified atom stereocenters. The number of hydrogen-bond donors (Lipinski definition) is 1. The van der Waals surface area contributed by atoms with Gasteiger partial charge in [-0.05, 0) is 36.8 Å². The Labute approximate surface area is 186 Å². The van der Waals surface area contributed by atoms with Crippen molar-refractivity contribution in [2.75, 3.05) is 39.4 Å². The molecule has 2 aromatic rings. The van der Waals surface area contributed by atoms with E-state index in [0.717, 1.165) is 16.0 Å². The summed E-state index contributed by atoms with van der Waals surface area (Å²) in [5.74, 6) is -1.34. The van der Waals surface area contributed by atoms with Crippen LogP contribution in [-0.2, 0) is 9.53 Å². The number of ether oxygens (including phenoxy) is 1. The summed E-state index contributed by atoms with van der Waals surface area (Å²) in [5.41, 5.74) is 2.44. The zero-order chi connectivity index (χ0) is 22.7. The van der Waals surface area contributed by atoms with Crippen LogP contribution in [0, 0.1) is 12.7 Å². The zero-order valence-corrected chi connectivity index (χ0v) is 18.0. The van der Waals surface area contributed by atoms with Crippen molar-refractivity contribution in [1.29, 1.82) is 0 Å². The lowest BCUT2D eigenvalue weighted by Crippen LogP contribution is -2.44. The molecule has 2 heterocycles. The van der Waals surface area contributed by atoms with Crippen LogP contribution in [-0.4, -0.2) is 66.9 Å². The van der Waals surface area contributed by atoms with Crippen molar-refractivity contribution in [3.8, 4) is 0 Å². The zero-order valence-electron chi connectivity index (χ0n) is 18.0. The average molecular weight is 439 g/mol. The van der Waals surface area contributed by atoms with Crippen molar-refractivity contribution < 1.29 is 23.5 Å². The molecule has 1 N–H and O–H groups in total. The highest BCUT2D eigenvalue weighted by Gasteiger charge is 2.35. The highest BCUT2D eigenvalue weighted by molar-refractivity contribution is 6.21. The number of halogens is 1. The normalized spacial score (nSPS) is 17.4. The standard InChI is InChI=1S/C24H26FN3O4/c1-16-5-6-19-20(13-16)24(31)28(23(19)30)8-7-22(29)26-15-21(27-9-11-32-12-10-27)17-3-2-4-18(25)14-17/h2-6,13-14,21H,7-12,15H2,1H3,(H,26,29). The molecule has 1 fully saturated rings. The molecule has 3 amide bonds. The van der Waals surface area contributed by atoms with Gasteiger partial charge in [-0.2, -0.15) is 0 Å². The molecule has 0 aromatic heterocycles. The van der Waals surface area contributed by atoms with Gasteiger partial charge in [-0.3, -0.25) is 24.2 Å². The Kier molecular flexibility index (Phi) is 6.62. The maximum absolute atomic E-state index is 13.8. The van der Waals surface area contributed by atoms with Crippen LogP contribution in [0.4, 0.5) is 4.39 Å². The van der Waals surface area contributed by atoms with E-state index in [1.807, 2.05) is 13.0 Å². The summed E-state index contributed by atoms with van der Waals surface area (Å²) in [7, 11) is 0. The van der Waals surface area contributed by atoms with Crippen molar-refractivity contribution in [1.82, 2.24) is 15.1 Å². The van der Waals surface area contributed by atoms with Gasteiger partial charge in [0.2, 0.25) is 5.91 Å². The van der Waals surface area contributed by atoms with E-state index in [0.29, 0.717) is 44.0 Å². The number of hydrogen-bond acceptors (Lipinski definition) is 5. The van der Waals surface area contributed by atoms with Crippen LogP contribution in [0.1, 0.15) is 44.3 Å². The second-order valence-corrected chi connectivity index (χ2v) is 8.08. The van der Waals surface area contributed by atoms with Gasteiger partial charge < -0.3 is 10.1 Å². The van der Waals surface area contributed by atoms with Crippen LogP contribution < -0.4 is 5.32 Å². The summed E-state index contributed by atoms with van der Waals surface area (Å²) >= 11 is 0. The summed E-state index contributed by atoms with van der Waals surface area (Å²) in [6.45, 7) is 4.70. The van der Waals surface area contributed by atoms with Crippen LogP contribution in [0.3, 0.4) is 0 Å². The number of carbonyl (C=O) groups is 3. The minimum Gasteiger partial charge on any atom is -0.379 e. The number of morpholine rings is 1. The maximum Gasteiger partial charge on any atom is 0.261 e. The summed E-state index contributed by atoms with van der Waals surface area (Å²) < 4.78 is 19.2. The largest absolute Gasteiger partial charge is 0.379 e. The number of nitrogens with zero attached hydrogens (tertiary/aromatic N) is 2. The Morgan fingerprint density at radius 1 is 1.09 bits per heavy atom. The van der Waals surface area contributed by atoms with Gasteiger partial charge in [0.1, 0.15) is 5.82 Å². The molecular formula is C24H26FN3O4. The second-order valence-electron chi connectivity index (χ2n) is 8.08. The van der Waals surface area contributed by atoms with Crippen LogP contribution in [0.2, 0.25) is 0 Å². The molecule has 32 heavy (non-hydrogen) atoms. The molecule has 7 nitrogen and oxygen atoms in total. The SMILES string of the molecule is Cc1ccc2c(c1)C(=O)N(CCC(=O)NCC(c1cccc(F)c1)N1CCOCC1)C2=O. The fourth-order valence-corrected chi connectivity index (χ4v) is 4.18. The third-order valence-electron chi connectivity index (χ3n) is 5.90. The lowest BCUT2D eigenvalue weighted by atomic mass is 10.0. The molecule has 0 aliphatic carbocycles. The molecule has 1 atom stereocenters. The molecule has 0 bridgehead atoms. The maximum atomic E-state index is 13.8. The monoisotopic (exact) mass is 439 g/mol. The quantitative estimate of drug-likeness (QED) is 0.670. The smallest absolute Gasteiger partial charge is 0.261 e. The van der Waals surface area contributed by atoms with Gasteiger partial charge in [-0.1, -0.05) is 23.8 Å². The first-order valence-electron chi connectivity index (χ1n) is 10.7. The second kappa shape index (κ2) is 9.58. The van der Waals surface area contributed by atoms with E-state index in [-0.39, 0.29) is 42.5 Å². The molecule has 0 radical (unpaired) electrons. The van der Waals surface area contributed by atoms with Gasteiger partial charge in [0.15, 0.2) is 0 Å². The molecule has 0 saturated carbocycles. The minimum absolute atomic E-state index is 0.00341. The van der Waals surface area contributed by atoms with E-state index >= 15 is 0 Å². The van der Waals surface area contributed by atoms with E-state index in [1.165, 1.54) is 12.1 Å². The van der Waals surface area contributed by atoms with Gasteiger partial charge in [-0.25, -0.2) is 4.39 Å². The number of benzene rings is 2. The summed E-state index contributed by atoms with van der Waals surface area (Å²) in [6.07, 6.45) is 0.00341. The minimum atomic E-state index is -0.372. The van der Waals surface area contributed by atoms with Crippen LogP contribution in [0.15, 0.2) is 42.5 Å². The van der Waals surface area contributed by atoms with E-state index in [1.54, 1.807) is 24.3 Å². The van der Waals surface area contributed by atoms with Crippen molar-refractivity contribution in [3.63, 3.8) is 0 Å². The summed E-state index contributed by atoms with van der Waals surface area (Å²) in [4.78, 5) is 40.9. The Balaban J connectivity index is 1.36. The Hall–Kier alpha value is -3.10. The van der Waals surface area contributed by atoms with Crippen LogP contribution in [0.25, 0.3) is 0 Å². The van der Waals surface area contributed by atoms with Crippen molar-refractivity contribution in [2.24, 2.45) is 0 Å². The van der Waals surface area contributed by atoms with E-state index in [2.05, 4.69) is 10.2 Å². The number of nitrogens with one attached hydrogen (secondary N) is 1. The third kappa shape index (κ3) is 4.71. The molecule has 4 rings (SSSR count). The molecule has 2 aliphatic heterocycles. The molecule has 168 valence electrons. The number of rotatable bonds is 7. The average Bonchev–Trinajstić information content (AvgIpc) is 3.02. The molecule has 1 saturated heterocycles. The van der Waals surface area contributed by atoms with Crippen molar-refractivity contribution in [3.05, 3.63) is 70.5 Å². The van der Waals surface area contributed by atoms with Gasteiger partial charge in [0.25, 0.3) is 11.8 Å². The number of imide groups is 1. The Morgan fingerprint density at radius 2 is 1.84 bits per heavy atom. The highest BCUT2D eigenvalue weighted by atomic mass is 19.1. The number of amides is 3. The van der Waals surface area contributed by atoms with Gasteiger partial charge in [0, 0.05) is 32.6 Å². The fraction of sp³-hybridized carbons (Fsp3) is 0.375. The van der Waals surface area contributed by atoms with E-state index < -0.39 is 0 Å². The van der Waals surface area contributed by atoms with Crippen molar-refractivity contribution in [2.45, 2.75) is 19.4 Å². The number of fused-ring (bicyclic) bond motifs is 1. The van der Waals surface area contributed by atoms with E-state index in [9.17, 15) is 18.8 Å². The molecular weight excluding hydrogens is 413 g/mol.